The standard InChI is InChI=1S/C16H24O/c1-5-6-7-11-15(17)13-9-8-10-14(12-13)16(2,3)4/h8-10,12H,5-7,11H2,1-4H3. The normalized spacial score (nSPS) is 11.5. The molecule has 0 atom stereocenters. The van der Waals surface area contributed by atoms with Gasteiger partial charge in [0.05, 0.1) is 0 Å². The van der Waals surface area contributed by atoms with Crippen molar-refractivity contribution < 1.29 is 4.79 Å². The summed E-state index contributed by atoms with van der Waals surface area (Å²) in [7, 11) is 0. The molecule has 0 heterocycles. The van der Waals surface area contributed by atoms with E-state index in [0.717, 1.165) is 24.8 Å². The molecule has 0 spiro atoms. The quantitative estimate of drug-likeness (QED) is 0.529. The minimum Gasteiger partial charge on any atom is -0.294 e. The Morgan fingerprint density at radius 3 is 2.47 bits per heavy atom. The van der Waals surface area contributed by atoms with Gasteiger partial charge in [-0.2, -0.15) is 0 Å². The van der Waals surface area contributed by atoms with E-state index in [1.165, 1.54) is 5.56 Å². The topological polar surface area (TPSA) is 17.1 Å². The van der Waals surface area contributed by atoms with Crippen molar-refractivity contribution in [2.45, 2.75) is 58.8 Å². The van der Waals surface area contributed by atoms with Crippen molar-refractivity contribution >= 4 is 5.78 Å². The van der Waals surface area contributed by atoms with Crippen molar-refractivity contribution in [1.29, 1.82) is 0 Å². The average molecular weight is 232 g/mol. The number of Topliss-reactive ketones (excluding diaryl/α,β-unsaturated/α-hetero) is 1. The molecule has 0 fully saturated rings. The van der Waals surface area contributed by atoms with Gasteiger partial charge in [-0.25, -0.2) is 0 Å². The SMILES string of the molecule is CCCCCC(=O)c1cccc(C(C)(C)C)c1. The number of carbonyl (C=O) groups excluding carboxylic acids is 1. The smallest absolute Gasteiger partial charge is 0.162 e. The molecule has 0 N–H and O–H groups in total. The highest BCUT2D eigenvalue weighted by atomic mass is 16.1. The molecule has 0 saturated carbocycles. The minimum absolute atomic E-state index is 0.111. The van der Waals surface area contributed by atoms with E-state index in [4.69, 9.17) is 0 Å². The van der Waals surface area contributed by atoms with Gasteiger partial charge in [-0.3, -0.25) is 4.79 Å². The lowest BCUT2D eigenvalue weighted by atomic mass is 9.85. The number of rotatable bonds is 5. The summed E-state index contributed by atoms with van der Waals surface area (Å²) in [4.78, 5) is 12.0. The van der Waals surface area contributed by atoms with Gasteiger partial charge >= 0.3 is 0 Å². The predicted octanol–water partition coefficient (Wildman–Crippen LogP) is 4.75. The van der Waals surface area contributed by atoms with E-state index in [9.17, 15) is 4.79 Å². The Hall–Kier alpha value is -1.11. The maximum Gasteiger partial charge on any atom is 0.162 e. The summed E-state index contributed by atoms with van der Waals surface area (Å²) >= 11 is 0. The first-order valence-corrected chi connectivity index (χ1v) is 6.59. The molecule has 1 nitrogen and oxygen atoms in total. The number of benzene rings is 1. The molecule has 0 bridgehead atoms. The van der Waals surface area contributed by atoms with Crippen LogP contribution in [0.25, 0.3) is 0 Å². The molecule has 17 heavy (non-hydrogen) atoms. The molecule has 1 aromatic rings. The molecule has 0 radical (unpaired) electrons. The fourth-order valence-corrected chi connectivity index (χ4v) is 1.84. The third-order valence-corrected chi connectivity index (χ3v) is 3.06. The first-order chi connectivity index (χ1) is 7.95. The van der Waals surface area contributed by atoms with Crippen LogP contribution in [0.15, 0.2) is 24.3 Å². The predicted molar refractivity (Wildman–Crippen MR) is 73.6 cm³/mol. The zero-order valence-corrected chi connectivity index (χ0v) is 11.5. The lowest BCUT2D eigenvalue weighted by molar-refractivity contribution is 0.0979. The molecule has 0 aromatic heterocycles. The Kier molecular flexibility index (Phi) is 4.92. The fourth-order valence-electron chi connectivity index (χ4n) is 1.84. The molecule has 0 unspecified atom stereocenters. The molecule has 1 aromatic carbocycles. The summed E-state index contributed by atoms with van der Waals surface area (Å²) in [5.41, 5.74) is 2.21. The highest BCUT2D eigenvalue weighted by molar-refractivity contribution is 5.96. The molecule has 1 rings (SSSR count). The van der Waals surface area contributed by atoms with Crippen molar-refractivity contribution in [3.63, 3.8) is 0 Å². The third-order valence-electron chi connectivity index (χ3n) is 3.06. The zero-order valence-electron chi connectivity index (χ0n) is 11.5. The van der Waals surface area contributed by atoms with Crippen molar-refractivity contribution in [1.82, 2.24) is 0 Å². The summed E-state index contributed by atoms with van der Waals surface area (Å²) in [6, 6.07) is 8.08. The van der Waals surface area contributed by atoms with E-state index in [-0.39, 0.29) is 11.2 Å². The van der Waals surface area contributed by atoms with E-state index in [1.807, 2.05) is 18.2 Å². The Morgan fingerprint density at radius 2 is 1.88 bits per heavy atom. The molecule has 0 amide bonds. The summed E-state index contributed by atoms with van der Waals surface area (Å²) < 4.78 is 0. The third kappa shape index (κ3) is 4.33. The Balaban J connectivity index is 2.74. The molecule has 1 heteroatoms. The maximum absolute atomic E-state index is 12.0. The van der Waals surface area contributed by atoms with Crippen LogP contribution in [0, 0.1) is 0 Å². The van der Waals surface area contributed by atoms with E-state index in [1.54, 1.807) is 0 Å². The summed E-state index contributed by atoms with van der Waals surface area (Å²) in [5, 5.41) is 0. The average Bonchev–Trinajstić information content (AvgIpc) is 2.28. The van der Waals surface area contributed by atoms with Gasteiger partial charge in [0.25, 0.3) is 0 Å². The number of unbranched alkanes of at least 4 members (excludes halogenated alkanes) is 2. The van der Waals surface area contributed by atoms with Crippen LogP contribution in [-0.4, -0.2) is 5.78 Å². The highest BCUT2D eigenvalue weighted by Crippen LogP contribution is 2.23. The van der Waals surface area contributed by atoms with Crippen LogP contribution < -0.4 is 0 Å². The minimum atomic E-state index is 0.111. The van der Waals surface area contributed by atoms with E-state index in [2.05, 4.69) is 33.8 Å². The second kappa shape index (κ2) is 6.00. The second-order valence-corrected chi connectivity index (χ2v) is 5.71. The van der Waals surface area contributed by atoms with Crippen LogP contribution in [-0.2, 0) is 5.41 Å². The van der Waals surface area contributed by atoms with Gasteiger partial charge in [0.1, 0.15) is 0 Å². The fraction of sp³-hybridized carbons (Fsp3) is 0.562. The summed E-state index contributed by atoms with van der Waals surface area (Å²) in [6.07, 6.45) is 4.00. The number of hydrogen-bond donors (Lipinski definition) is 0. The van der Waals surface area contributed by atoms with Gasteiger partial charge in [0.15, 0.2) is 5.78 Å². The lowest BCUT2D eigenvalue weighted by Gasteiger charge is -2.19. The Bertz CT molecular complexity index is 371. The summed E-state index contributed by atoms with van der Waals surface area (Å²) in [5.74, 6) is 0.282. The second-order valence-electron chi connectivity index (χ2n) is 5.71. The molecular weight excluding hydrogens is 208 g/mol. The maximum atomic E-state index is 12.0. The molecule has 0 aliphatic heterocycles. The first-order valence-electron chi connectivity index (χ1n) is 6.59. The molecule has 0 aliphatic rings. The first kappa shape index (κ1) is 14.0. The van der Waals surface area contributed by atoms with Crippen molar-refractivity contribution in [3.8, 4) is 0 Å². The van der Waals surface area contributed by atoms with Gasteiger partial charge < -0.3 is 0 Å². The van der Waals surface area contributed by atoms with Gasteiger partial charge in [-0.15, -0.1) is 0 Å². The van der Waals surface area contributed by atoms with E-state index >= 15 is 0 Å². The van der Waals surface area contributed by atoms with Crippen LogP contribution in [0.1, 0.15) is 69.3 Å². The molecule has 0 saturated heterocycles. The van der Waals surface area contributed by atoms with E-state index in [0.29, 0.717) is 6.42 Å². The number of ketones is 1. The van der Waals surface area contributed by atoms with Gasteiger partial charge in [0.2, 0.25) is 0 Å². The Labute approximate surface area is 105 Å². The monoisotopic (exact) mass is 232 g/mol. The van der Waals surface area contributed by atoms with Crippen LogP contribution in [0.4, 0.5) is 0 Å². The van der Waals surface area contributed by atoms with Crippen LogP contribution in [0.3, 0.4) is 0 Å². The number of carbonyl (C=O) groups is 1. The molecule has 0 aliphatic carbocycles. The van der Waals surface area contributed by atoms with E-state index < -0.39 is 0 Å². The largest absolute Gasteiger partial charge is 0.294 e. The molecular formula is C16H24O. The Morgan fingerprint density at radius 1 is 1.18 bits per heavy atom. The number of hydrogen-bond acceptors (Lipinski definition) is 1. The van der Waals surface area contributed by atoms with Crippen LogP contribution in [0.5, 0.6) is 0 Å². The van der Waals surface area contributed by atoms with Crippen molar-refractivity contribution in [2.24, 2.45) is 0 Å². The van der Waals surface area contributed by atoms with Crippen LogP contribution in [0.2, 0.25) is 0 Å². The van der Waals surface area contributed by atoms with Gasteiger partial charge in [0, 0.05) is 12.0 Å². The van der Waals surface area contributed by atoms with Crippen LogP contribution >= 0.6 is 0 Å². The summed E-state index contributed by atoms with van der Waals surface area (Å²) in [6.45, 7) is 8.68. The van der Waals surface area contributed by atoms with Gasteiger partial charge in [-0.05, 0) is 23.5 Å². The van der Waals surface area contributed by atoms with Crippen molar-refractivity contribution in [3.05, 3.63) is 35.4 Å². The molecule has 94 valence electrons. The zero-order chi connectivity index (χ0) is 12.9. The lowest BCUT2D eigenvalue weighted by Crippen LogP contribution is -2.12. The van der Waals surface area contributed by atoms with Gasteiger partial charge in [-0.1, -0.05) is 58.7 Å². The highest BCUT2D eigenvalue weighted by Gasteiger charge is 2.15. The van der Waals surface area contributed by atoms with Crippen molar-refractivity contribution in [2.75, 3.05) is 0 Å².